The van der Waals surface area contributed by atoms with Gasteiger partial charge in [0, 0.05) is 5.54 Å². The van der Waals surface area contributed by atoms with Crippen LogP contribution in [0, 0.1) is 5.92 Å². The summed E-state index contributed by atoms with van der Waals surface area (Å²) in [5.74, 6) is 0.737. The maximum Gasteiger partial charge on any atom is 0.0182 e. The molecule has 0 spiro atoms. The fourth-order valence-corrected chi connectivity index (χ4v) is 2.89. The van der Waals surface area contributed by atoms with Gasteiger partial charge in [0.25, 0.3) is 0 Å². The van der Waals surface area contributed by atoms with E-state index in [-0.39, 0.29) is 10.2 Å². The number of hydrogen-bond acceptors (Lipinski definition) is 1. The maximum atomic E-state index is 6.77. The van der Waals surface area contributed by atoms with Gasteiger partial charge < -0.3 is 5.73 Å². The zero-order valence-corrected chi connectivity index (χ0v) is 13.1. The van der Waals surface area contributed by atoms with Crippen LogP contribution in [0.3, 0.4) is 0 Å². The SMILES string of the molecule is CCCCC(CC)C(N)(CCCC)CCCC.F. The minimum atomic E-state index is 0. The van der Waals surface area contributed by atoms with E-state index < -0.39 is 0 Å². The molecule has 0 aromatic carbocycles. The zero-order chi connectivity index (χ0) is 13.1. The highest BCUT2D eigenvalue weighted by molar-refractivity contribution is 4.90. The standard InChI is InChI=1S/C16H35N.FH/c1-5-9-12-15(8-4)16(17,13-10-6-2)14-11-7-3;/h15H,5-14,17H2,1-4H3;1H. The van der Waals surface area contributed by atoms with E-state index in [1.54, 1.807) is 0 Å². The van der Waals surface area contributed by atoms with Gasteiger partial charge in [0.2, 0.25) is 0 Å². The average Bonchev–Trinajstić information content (AvgIpc) is 2.35. The summed E-state index contributed by atoms with van der Waals surface area (Å²) in [6.07, 6.45) is 12.8. The molecule has 0 heterocycles. The Bertz CT molecular complexity index is 162. The Balaban J connectivity index is 0. The predicted molar refractivity (Wildman–Crippen MR) is 81.8 cm³/mol. The molecule has 0 aliphatic rings. The third-order valence-electron chi connectivity index (χ3n) is 4.20. The van der Waals surface area contributed by atoms with Gasteiger partial charge in [0.05, 0.1) is 0 Å². The van der Waals surface area contributed by atoms with Crippen LogP contribution in [0.15, 0.2) is 0 Å². The highest BCUT2D eigenvalue weighted by Crippen LogP contribution is 2.32. The van der Waals surface area contributed by atoms with Crippen molar-refractivity contribution < 1.29 is 4.70 Å². The molecule has 1 nitrogen and oxygen atoms in total. The van der Waals surface area contributed by atoms with Crippen molar-refractivity contribution in [1.29, 1.82) is 0 Å². The lowest BCUT2D eigenvalue weighted by molar-refractivity contribution is 0.202. The van der Waals surface area contributed by atoms with Gasteiger partial charge in [-0.25, -0.2) is 0 Å². The van der Waals surface area contributed by atoms with Crippen LogP contribution in [-0.2, 0) is 0 Å². The van der Waals surface area contributed by atoms with E-state index in [1.807, 2.05) is 0 Å². The van der Waals surface area contributed by atoms with E-state index in [0.29, 0.717) is 0 Å². The van der Waals surface area contributed by atoms with Gasteiger partial charge in [0.1, 0.15) is 0 Å². The van der Waals surface area contributed by atoms with Crippen LogP contribution in [-0.4, -0.2) is 5.54 Å². The summed E-state index contributed by atoms with van der Waals surface area (Å²) in [6, 6.07) is 0. The summed E-state index contributed by atoms with van der Waals surface area (Å²) in [7, 11) is 0. The number of rotatable bonds is 11. The Morgan fingerprint density at radius 2 is 1.28 bits per heavy atom. The molecule has 0 radical (unpaired) electrons. The lowest BCUT2D eigenvalue weighted by Gasteiger charge is -2.38. The monoisotopic (exact) mass is 261 g/mol. The molecule has 0 aromatic rings. The number of unbranched alkanes of at least 4 members (excludes halogenated alkanes) is 3. The van der Waals surface area contributed by atoms with Gasteiger partial charge in [-0.05, 0) is 25.2 Å². The van der Waals surface area contributed by atoms with Crippen molar-refractivity contribution >= 4 is 0 Å². The van der Waals surface area contributed by atoms with E-state index in [9.17, 15) is 0 Å². The molecular formula is C16H36FN. The van der Waals surface area contributed by atoms with Gasteiger partial charge in [-0.15, -0.1) is 0 Å². The molecule has 0 saturated carbocycles. The molecule has 0 amide bonds. The van der Waals surface area contributed by atoms with Gasteiger partial charge in [-0.3, -0.25) is 4.70 Å². The second kappa shape index (κ2) is 12.0. The van der Waals surface area contributed by atoms with Crippen LogP contribution in [0.4, 0.5) is 4.70 Å². The first-order valence-electron chi connectivity index (χ1n) is 7.93. The number of hydrogen-bond donors (Lipinski definition) is 1. The number of nitrogens with two attached hydrogens (primary N) is 1. The largest absolute Gasteiger partial charge is 0.325 e. The molecule has 18 heavy (non-hydrogen) atoms. The molecular weight excluding hydrogens is 225 g/mol. The Hall–Kier alpha value is -0.110. The quantitative estimate of drug-likeness (QED) is 0.527. The minimum Gasteiger partial charge on any atom is -0.325 e. The molecule has 0 aromatic heterocycles. The summed E-state index contributed by atoms with van der Waals surface area (Å²) in [6.45, 7) is 9.14. The van der Waals surface area contributed by atoms with Gasteiger partial charge >= 0.3 is 0 Å². The zero-order valence-electron chi connectivity index (χ0n) is 13.1. The lowest BCUT2D eigenvalue weighted by atomic mass is 9.73. The summed E-state index contributed by atoms with van der Waals surface area (Å²) in [4.78, 5) is 0. The van der Waals surface area contributed by atoms with Crippen molar-refractivity contribution in [3.63, 3.8) is 0 Å². The molecule has 1 unspecified atom stereocenters. The fourth-order valence-electron chi connectivity index (χ4n) is 2.89. The molecule has 0 bridgehead atoms. The van der Waals surface area contributed by atoms with Crippen molar-refractivity contribution in [2.75, 3.05) is 0 Å². The van der Waals surface area contributed by atoms with Crippen molar-refractivity contribution in [2.45, 2.75) is 97.4 Å². The summed E-state index contributed by atoms with van der Waals surface area (Å²) >= 11 is 0. The van der Waals surface area contributed by atoms with E-state index >= 15 is 0 Å². The molecule has 2 N–H and O–H groups in total. The molecule has 0 aliphatic carbocycles. The van der Waals surface area contributed by atoms with Crippen LogP contribution in [0.25, 0.3) is 0 Å². The first-order valence-corrected chi connectivity index (χ1v) is 7.93. The smallest absolute Gasteiger partial charge is 0.0182 e. The van der Waals surface area contributed by atoms with Crippen LogP contribution >= 0.6 is 0 Å². The van der Waals surface area contributed by atoms with E-state index in [4.69, 9.17) is 5.73 Å². The summed E-state index contributed by atoms with van der Waals surface area (Å²) < 4.78 is 0. The first kappa shape index (κ1) is 20.2. The van der Waals surface area contributed by atoms with Gasteiger partial charge in [0.15, 0.2) is 0 Å². The molecule has 0 fully saturated rings. The molecule has 0 aliphatic heterocycles. The highest BCUT2D eigenvalue weighted by atomic mass is 19.0. The Kier molecular flexibility index (Phi) is 13.4. The van der Waals surface area contributed by atoms with Crippen LogP contribution < -0.4 is 5.73 Å². The predicted octanol–water partition coefficient (Wildman–Crippen LogP) is 5.43. The van der Waals surface area contributed by atoms with Crippen LogP contribution in [0.2, 0.25) is 0 Å². The minimum absolute atomic E-state index is 0. The highest BCUT2D eigenvalue weighted by Gasteiger charge is 2.31. The first-order chi connectivity index (χ1) is 8.14. The van der Waals surface area contributed by atoms with Gasteiger partial charge in [-0.1, -0.05) is 72.6 Å². The molecule has 112 valence electrons. The van der Waals surface area contributed by atoms with Crippen molar-refractivity contribution in [3.8, 4) is 0 Å². The van der Waals surface area contributed by atoms with Crippen molar-refractivity contribution in [3.05, 3.63) is 0 Å². The lowest BCUT2D eigenvalue weighted by Crippen LogP contribution is -2.47. The Labute approximate surface area is 114 Å². The number of halogens is 1. The van der Waals surface area contributed by atoms with Crippen molar-refractivity contribution in [1.82, 2.24) is 0 Å². The van der Waals surface area contributed by atoms with Crippen LogP contribution in [0.5, 0.6) is 0 Å². The maximum absolute atomic E-state index is 6.77. The van der Waals surface area contributed by atoms with E-state index in [0.717, 1.165) is 5.92 Å². The summed E-state index contributed by atoms with van der Waals surface area (Å²) in [5, 5.41) is 0. The molecule has 1 atom stereocenters. The fraction of sp³-hybridized carbons (Fsp3) is 1.00. The van der Waals surface area contributed by atoms with Gasteiger partial charge in [-0.2, -0.15) is 0 Å². The Morgan fingerprint density at radius 3 is 1.61 bits per heavy atom. The van der Waals surface area contributed by atoms with E-state index in [2.05, 4.69) is 27.7 Å². The molecule has 0 rings (SSSR count). The Morgan fingerprint density at radius 1 is 0.833 bits per heavy atom. The average molecular weight is 261 g/mol. The van der Waals surface area contributed by atoms with Crippen LogP contribution in [0.1, 0.15) is 91.9 Å². The third kappa shape index (κ3) is 7.35. The second-order valence-corrected chi connectivity index (χ2v) is 5.69. The normalized spacial score (nSPS) is 13.2. The second-order valence-electron chi connectivity index (χ2n) is 5.69. The molecule has 2 heteroatoms. The van der Waals surface area contributed by atoms with Crippen molar-refractivity contribution in [2.24, 2.45) is 11.7 Å². The summed E-state index contributed by atoms with van der Waals surface area (Å²) in [5.41, 5.74) is 6.89. The van der Waals surface area contributed by atoms with E-state index in [1.165, 1.54) is 64.2 Å². The third-order valence-corrected chi connectivity index (χ3v) is 4.20. The molecule has 0 saturated heterocycles. The topological polar surface area (TPSA) is 26.0 Å².